The van der Waals surface area contributed by atoms with Gasteiger partial charge in [-0.25, -0.2) is 4.79 Å². The van der Waals surface area contributed by atoms with Gasteiger partial charge < -0.3 is 10.2 Å². The minimum Gasteiger partial charge on any atom is -0.342 e. The minimum absolute atomic E-state index is 0.0866. The van der Waals surface area contributed by atoms with E-state index in [0.29, 0.717) is 43.8 Å². The van der Waals surface area contributed by atoms with Gasteiger partial charge in [0.15, 0.2) is 0 Å². The van der Waals surface area contributed by atoms with Crippen molar-refractivity contribution in [1.82, 2.24) is 15.1 Å². The van der Waals surface area contributed by atoms with E-state index in [2.05, 4.69) is 5.32 Å². The van der Waals surface area contributed by atoms with Gasteiger partial charge in [-0.1, -0.05) is 54.1 Å². The van der Waals surface area contributed by atoms with Gasteiger partial charge in [-0.15, -0.1) is 0 Å². The van der Waals surface area contributed by atoms with Gasteiger partial charge in [-0.2, -0.15) is 0 Å². The maximum atomic E-state index is 13.1. The first-order valence-electron chi connectivity index (χ1n) is 10.2. The van der Waals surface area contributed by atoms with E-state index in [4.69, 9.17) is 11.6 Å². The third-order valence-corrected chi connectivity index (χ3v) is 6.19. The van der Waals surface area contributed by atoms with Crippen molar-refractivity contribution in [2.24, 2.45) is 0 Å². The van der Waals surface area contributed by atoms with Crippen LogP contribution in [-0.2, 0) is 22.6 Å². The number of halogens is 1. The fourth-order valence-corrected chi connectivity index (χ4v) is 4.25. The second-order valence-electron chi connectivity index (χ2n) is 7.90. The van der Waals surface area contributed by atoms with Crippen molar-refractivity contribution in [1.29, 1.82) is 0 Å². The average Bonchev–Trinajstić information content (AvgIpc) is 2.99. The summed E-state index contributed by atoms with van der Waals surface area (Å²) in [6, 6.07) is 16.6. The van der Waals surface area contributed by atoms with Crippen LogP contribution in [0.1, 0.15) is 30.4 Å². The largest absolute Gasteiger partial charge is 0.342 e. The van der Waals surface area contributed by atoms with Crippen molar-refractivity contribution in [3.05, 3.63) is 70.7 Å². The maximum Gasteiger partial charge on any atom is 0.325 e. The van der Waals surface area contributed by atoms with Gasteiger partial charge in [0.25, 0.3) is 5.91 Å². The lowest BCUT2D eigenvalue weighted by molar-refractivity contribution is -0.138. The number of rotatable bonds is 5. The molecule has 0 aromatic heterocycles. The zero-order valence-electron chi connectivity index (χ0n) is 16.6. The normalized spacial score (nSPS) is 18.0. The molecule has 0 unspecified atom stereocenters. The lowest BCUT2D eigenvalue weighted by Gasteiger charge is -2.37. The molecule has 6 nitrogen and oxygen atoms in total. The van der Waals surface area contributed by atoms with Crippen molar-refractivity contribution in [2.45, 2.75) is 37.8 Å². The Labute approximate surface area is 180 Å². The van der Waals surface area contributed by atoms with Crippen LogP contribution in [0.25, 0.3) is 0 Å². The highest BCUT2D eigenvalue weighted by atomic mass is 35.5. The van der Waals surface area contributed by atoms with E-state index in [9.17, 15) is 14.4 Å². The number of hydrogen-bond acceptors (Lipinski definition) is 3. The number of nitrogens with zero attached hydrogens (tertiary/aromatic N) is 2. The van der Waals surface area contributed by atoms with Gasteiger partial charge in [-0.05, 0) is 42.5 Å². The molecule has 1 spiro atoms. The fraction of sp³-hybridized carbons (Fsp3) is 0.348. The van der Waals surface area contributed by atoms with Crippen molar-refractivity contribution < 1.29 is 14.4 Å². The Kier molecular flexibility index (Phi) is 5.77. The number of amides is 4. The molecule has 30 heavy (non-hydrogen) atoms. The Bertz CT molecular complexity index is 938. The average molecular weight is 426 g/mol. The number of nitrogens with one attached hydrogen (secondary N) is 1. The van der Waals surface area contributed by atoms with Crippen LogP contribution in [0.4, 0.5) is 4.79 Å². The van der Waals surface area contributed by atoms with Gasteiger partial charge in [0, 0.05) is 24.5 Å². The molecular weight excluding hydrogens is 402 g/mol. The summed E-state index contributed by atoms with van der Waals surface area (Å²) in [5.74, 6) is -0.123. The zero-order chi connectivity index (χ0) is 21.1. The molecule has 7 heteroatoms. The molecule has 2 heterocycles. The Hall–Kier alpha value is -2.86. The number of benzene rings is 2. The summed E-state index contributed by atoms with van der Waals surface area (Å²) in [4.78, 5) is 41.2. The molecule has 2 aromatic carbocycles. The van der Waals surface area contributed by atoms with Gasteiger partial charge in [0.05, 0.1) is 6.54 Å². The number of hydrogen-bond donors (Lipinski definition) is 1. The number of carbonyl (C=O) groups is 3. The quantitative estimate of drug-likeness (QED) is 0.746. The number of carbonyl (C=O) groups excluding carboxylic acids is 3. The number of aryl methyl sites for hydroxylation is 1. The minimum atomic E-state index is -0.903. The van der Waals surface area contributed by atoms with Crippen LogP contribution in [0.15, 0.2) is 54.6 Å². The van der Waals surface area contributed by atoms with Gasteiger partial charge in [0.1, 0.15) is 5.54 Å². The molecule has 2 aliphatic rings. The number of urea groups is 1. The molecule has 0 radical (unpaired) electrons. The summed E-state index contributed by atoms with van der Waals surface area (Å²) < 4.78 is 0. The van der Waals surface area contributed by atoms with E-state index < -0.39 is 5.54 Å². The maximum absolute atomic E-state index is 13.1. The van der Waals surface area contributed by atoms with Crippen molar-refractivity contribution in [3.8, 4) is 0 Å². The molecule has 4 amide bonds. The summed E-state index contributed by atoms with van der Waals surface area (Å²) in [5, 5.41) is 3.50. The first kappa shape index (κ1) is 20.4. The number of piperidine rings is 1. The molecule has 0 aliphatic carbocycles. The van der Waals surface area contributed by atoms with Gasteiger partial charge >= 0.3 is 6.03 Å². The first-order chi connectivity index (χ1) is 14.5. The summed E-state index contributed by atoms with van der Waals surface area (Å²) in [6.45, 7) is 1.15. The summed E-state index contributed by atoms with van der Waals surface area (Å²) in [7, 11) is 0. The van der Waals surface area contributed by atoms with Crippen LogP contribution in [0.5, 0.6) is 0 Å². The highest BCUT2D eigenvalue weighted by molar-refractivity contribution is 6.30. The van der Waals surface area contributed by atoms with Gasteiger partial charge in [-0.3, -0.25) is 14.5 Å². The van der Waals surface area contributed by atoms with E-state index in [1.165, 1.54) is 4.90 Å². The third-order valence-electron chi connectivity index (χ3n) is 5.94. The molecule has 1 N–H and O–H groups in total. The van der Waals surface area contributed by atoms with Crippen molar-refractivity contribution >= 4 is 29.4 Å². The lowest BCUT2D eigenvalue weighted by Crippen LogP contribution is -2.55. The Morgan fingerprint density at radius 3 is 2.30 bits per heavy atom. The van der Waals surface area contributed by atoms with E-state index in [0.717, 1.165) is 11.1 Å². The van der Waals surface area contributed by atoms with E-state index in [1.54, 1.807) is 17.0 Å². The van der Waals surface area contributed by atoms with Crippen molar-refractivity contribution in [3.63, 3.8) is 0 Å². The molecule has 0 bridgehead atoms. The Morgan fingerprint density at radius 1 is 0.967 bits per heavy atom. The topological polar surface area (TPSA) is 69.7 Å². The van der Waals surface area contributed by atoms with Gasteiger partial charge in [0.2, 0.25) is 5.91 Å². The predicted molar refractivity (Wildman–Crippen MR) is 114 cm³/mol. The molecule has 156 valence electrons. The number of imide groups is 1. The highest BCUT2D eigenvalue weighted by Crippen LogP contribution is 2.31. The molecule has 2 aliphatic heterocycles. The number of likely N-dealkylation sites (tertiary alicyclic amines) is 1. The van der Waals surface area contributed by atoms with E-state index in [1.807, 2.05) is 42.5 Å². The van der Waals surface area contributed by atoms with Crippen LogP contribution in [0.3, 0.4) is 0 Å². The molecule has 4 rings (SSSR count). The van der Waals surface area contributed by atoms with Crippen LogP contribution in [0.2, 0.25) is 5.02 Å². The van der Waals surface area contributed by atoms with Crippen LogP contribution in [0, 0.1) is 0 Å². The Morgan fingerprint density at radius 2 is 1.63 bits per heavy atom. The van der Waals surface area contributed by atoms with Crippen LogP contribution in [-0.4, -0.2) is 46.3 Å². The molecule has 0 saturated carbocycles. The monoisotopic (exact) mass is 425 g/mol. The van der Waals surface area contributed by atoms with Crippen molar-refractivity contribution in [2.75, 3.05) is 13.1 Å². The second-order valence-corrected chi connectivity index (χ2v) is 8.33. The standard InChI is InChI=1S/C23H24ClN3O3/c24-19-9-6-18(7-10-19)16-27-21(29)23(25-22(27)30)12-14-26(15-13-23)20(28)11-8-17-4-2-1-3-5-17/h1-7,9-10H,8,11-16H2,(H,25,30). The van der Waals surface area contributed by atoms with E-state index >= 15 is 0 Å². The molecular formula is C23H24ClN3O3. The molecule has 2 aromatic rings. The third kappa shape index (κ3) is 4.19. The lowest BCUT2D eigenvalue weighted by atomic mass is 9.87. The molecule has 2 fully saturated rings. The molecule has 0 atom stereocenters. The second kappa shape index (κ2) is 8.48. The SMILES string of the molecule is O=C(CCc1ccccc1)N1CCC2(CC1)NC(=O)N(Cc1ccc(Cl)cc1)C2=O. The van der Waals surface area contributed by atoms with Crippen LogP contribution < -0.4 is 5.32 Å². The fourth-order valence-electron chi connectivity index (χ4n) is 4.12. The summed E-state index contributed by atoms with van der Waals surface area (Å²) in [5.41, 5.74) is 1.07. The van der Waals surface area contributed by atoms with E-state index in [-0.39, 0.29) is 24.4 Å². The molecule has 2 saturated heterocycles. The summed E-state index contributed by atoms with van der Waals surface area (Å²) in [6.07, 6.45) is 2.02. The summed E-state index contributed by atoms with van der Waals surface area (Å²) >= 11 is 5.91. The smallest absolute Gasteiger partial charge is 0.325 e. The van der Waals surface area contributed by atoms with Crippen LogP contribution >= 0.6 is 11.6 Å². The Balaban J connectivity index is 1.34. The predicted octanol–water partition coefficient (Wildman–Crippen LogP) is 3.39. The first-order valence-corrected chi connectivity index (χ1v) is 10.5. The zero-order valence-corrected chi connectivity index (χ0v) is 17.4. The highest BCUT2D eigenvalue weighted by Gasteiger charge is 2.52.